The number of ether oxygens (including phenoxy) is 2. The highest BCUT2D eigenvalue weighted by Crippen LogP contribution is 2.36. The molecule has 2 N–H and O–H groups in total. The van der Waals surface area contributed by atoms with E-state index in [4.69, 9.17) is 15.2 Å². The Bertz CT molecular complexity index is 625. The summed E-state index contributed by atoms with van der Waals surface area (Å²) in [6.45, 7) is 0.494. The third-order valence-corrected chi connectivity index (χ3v) is 4.82. The van der Waals surface area contributed by atoms with Crippen LogP contribution < -0.4 is 15.2 Å². The van der Waals surface area contributed by atoms with E-state index in [1.54, 1.807) is 7.11 Å². The molecule has 1 aliphatic heterocycles. The van der Waals surface area contributed by atoms with Gasteiger partial charge in [-0.3, -0.25) is 9.59 Å². The molecule has 130 valence electrons. The van der Waals surface area contributed by atoms with E-state index < -0.39 is 5.91 Å². The summed E-state index contributed by atoms with van der Waals surface area (Å²) in [5, 5.41) is 0. The van der Waals surface area contributed by atoms with Crippen molar-refractivity contribution in [3.8, 4) is 11.5 Å². The molecule has 6 nitrogen and oxygen atoms in total. The normalized spacial score (nSPS) is 21.3. The van der Waals surface area contributed by atoms with Crippen LogP contribution in [0.3, 0.4) is 0 Å². The Morgan fingerprint density at radius 3 is 2.71 bits per heavy atom. The maximum atomic E-state index is 12.0. The molecular formula is C18H24N2O4. The van der Waals surface area contributed by atoms with Gasteiger partial charge in [-0.05, 0) is 43.4 Å². The first-order valence-electron chi connectivity index (χ1n) is 8.47. The van der Waals surface area contributed by atoms with Crippen LogP contribution in [-0.2, 0) is 9.59 Å². The predicted octanol–water partition coefficient (Wildman–Crippen LogP) is 1.82. The number of carbonyl (C=O) groups is 2. The van der Waals surface area contributed by atoms with Crippen LogP contribution in [0.25, 0.3) is 0 Å². The molecule has 2 amide bonds. The molecule has 1 heterocycles. The molecule has 0 radical (unpaired) electrons. The van der Waals surface area contributed by atoms with Gasteiger partial charge in [0.15, 0.2) is 11.5 Å². The lowest BCUT2D eigenvalue weighted by atomic mass is 9.98. The van der Waals surface area contributed by atoms with Crippen LogP contribution in [0.5, 0.6) is 11.5 Å². The number of benzene rings is 1. The zero-order valence-electron chi connectivity index (χ0n) is 14.0. The van der Waals surface area contributed by atoms with Crippen molar-refractivity contribution in [2.45, 2.75) is 44.1 Å². The van der Waals surface area contributed by atoms with Crippen molar-refractivity contribution >= 4 is 11.8 Å². The van der Waals surface area contributed by atoms with Crippen molar-refractivity contribution < 1.29 is 19.1 Å². The van der Waals surface area contributed by atoms with Gasteiger partial charge in [0.1, 0.15) is 0 Å². The monoisotopic (exact) mass is 332 g/mol. The molecule has 3 rings (SSSR count). The molecule has 1 saturated heterocycles. The summed E-state index contributed by atoms with van der Waals surface area (Å²) in [5.41, 5.74) is 6.23. The van der Waals surface area contributed by atoms with Gasteiger partial charge in [-0.25, -0.2) is 0 Å². The van der Waals surface area contributed by atoms with E-state index >= 15 is 0 Å². The maximum absolute atomic E-state index is 12.0. The molecule has 6 heteroatoms. The second-order valence-corrected chi connectivity index (χ2v) is 6.58. The summed E-state index contributed by atoms with van der Waals surface area (Å²) in [6, 6.07) is 5.83. The lowest BCUT2D eigenvalue weighted by molar-refractivity contribution is -0.132. The number of primary amides is 1. The number of amides is 2. The molecule has 1 atom stereocenters. The molecule has 0 spiro atoms. The molecule has 24 heavy (non-hydrogen) atoms. The molecule has 1 saturated carbocycles. The number of likely N-dealkylation sites (tertiary alicyclic amines) is 1. The highest BCUT2D eigenvalue weighted by molar-refractivity contribution is 5.85. The lowest BCUT2D eigenvalue weighted by Crippen LogP contribution is -2.34. The number of carbonyl (C=O) groups excluding carboxylic acids is 2. The van der Waals surface area contributed by atoms with Crippen molar-refractivity contribution in [1.29, 1.82) is 0 Å². The summed E-state index contributed by atoms with van der Waals surface area (Å²) in [4.78, 5) is 24.6. The van der Waals surface area contributed by atoms with Crippen LogP contribution in [0.2, 0.25) is 0 Å². The van der Waals surface area contributed by atoms with E-state index in [0.29, 0.717) is 18.7 Å². The SMILES string of the molecule is COc1ccc(C2CC(=O)N(CC(N)=O)C2)cc1OC1CCCC1. The largest absolute Gasteiger partial charge is 0.493 e. The van der Waals surface area contributed by atoms with E-state index in [0.717, 1.165) is 24.2 Å². The van der Waals surface area contributed by atoms with E-state index in [-0.39, 0.29) is 24.5 Å². The Morgan fingerprint density at radius 2 is 2.04 bits per heavy atom. The van der Waals surface area contributed by atoms with Gasteiger partial charge < -0.3 is 20.1 Å². The number of methoxy groups -OCH3 is 1. The number of nitrogens with zero attached hydrogens (tertiary/aromatic N) is 1. The summed E-state index contributed by atoms with van der Waals surface area (Å²) in [5.74, 6) is 0.984. The third-order valence-electron chi connectivity index (χ3n) is 4.82. The van der Waals surface area contributed by atoms with E-state index in [1.807, 2.05) is 18.2 Å². The zero-order valence-corrected chi connectivity index (χ0v) is 14.0. The Labute approximate surface area is 141 Å². The highest BCUT2D eigenvalue weighted by Gasteiger charge is 2.32. The lowest BCUT2D eigenvalue weighted by Gasteiger charge is -2.19. The van der Waals surface area contributed by atoms with E-state index in [2.05, 4.69) is 0 Å². The Kier molecular flexibility index (Phi) is 4.92. The van der Waals surface area contributed by atoms with E-state index in [9.17, 15) is 9.59 Å². The zero-order chi connectivity index (χ0) is 17.1. The minimum atomic E-state index is -0.482. The van der Waals surface area contributed by atoms with Crippen molar-refractivity contribution in [2.75, 3.05) is 20.2 Å². The summed E-state index contributed by atoms with van der Waals surface area (Å²) in [7, 11) is 1.63. The molecule has 1 aromatic rings. The topological polar surface area (TPSA) is 81.9 Å². The minimum Gasteiger partial charge on any atom is -0.493 e. The van der Waals surface area contributed by atoms with Crippen LogP contribution >= 0.6 is 0 Å². The second-order valence-electron chi connectivity index (χ2n) is 6.58. The third kappa shape index (κ3) is 3.63. The number of hydrogen-bond acceptors (Lipinski definition) is 4. The highest BCUT2D eigenvalue weighted by atomic mass is 16.5. The van der Waals surface area contributed by atoms with Crippen LogP contribution in [0.1, 0.15) is 43.6 Å². The van der Waals surface area contributed by atoms with Gasteiger partial charge >= 0.3 is 0 Å². The van der Waals surface area contributed by atoms with Gasteiger partial charge in [0.25, 0.3) is 0 Å². The van der Waals surface area contributed by atoms with E-state index in [1.165, 1.54) is 17.7 Å². The van der Waals surface area contributed by atoms with Crippen molar-refractivity contribution in [3.63, 3.8) is 0 Å². The molecule has 1 aromatic carbocycles. The van der Waals surface area contributed by atoms with Gasteiger partial charge in [-0.15, -0.1) is 0 Å². The first-order valence-corrected chi connectivity index (χ1v) is 8.47. The summed E-state index contributed by atoms with van der Waals surface area (Å²) in [6.07, 6.45) is 5.18. The fraction of sp³-hybridized carbons (Fsp3) is 0.556. The number of hydrogen-bond donors (Lipinski definition) is 1. The molecule has 1 unspecified atom stereocenters. The van der Waals surface area contributed by atoms with Gasteiger partial charge in [-0.1, -0.05) is 6.07 Å². The van der Waals surface area contributed by atoms with Crippen LogP contribution in [-0.4, -0.2) is 43.0 Å². The maximum Gasteiger partial charge on any atom is 0.237 e. The molecule has 0 aromatic heterocycles. The van der Waals surface area contributed by atoms with Crippen molar-refractivity contribution in [1.82, 2.24) is 4.90 Å². The van der Waals surface area contributed by atoms with Gasteiger partial charge in [0, 0.05) is 18.9 Å². The van der Waals surface area contributed by atoms with Crippen molar-refractivity contribution in [2.24, 2.45) is 5.73 Å². The molecule has 2 aliphatic rings. The van der Waals surface area contributed by atoms with Crippen LogP contribution in [0.4, 0.5) is 0 Å². The predicted molar refractivity (Wildman–Crippen MR) is 89.0 cm³/mol. The number of nitrogens with two attached hydrogens (primary N) is 1. The summed E-state index contributed by atoms with van der Waals surface area (Å²) < 4.78 is 11.5. The first kappa shape index (κ1) is 16.6. The number of rotatable bonds is 6. The Morgan fingerprint density at radius 1 is 1.29 bits per heavy atom. The second kappa shape index (κ2) is 7.11. The Balaban J connectivity index is 1.76. The molecule has 0 bridgehead atoms. The van der Waals surface area contributed by atoms with Gasteiger partial charge in [0.05, 0.1) is 19.8 Å². The fourth-order valence-corrected chi connectivity index (χ4v) is 3.56. The van der Waals surface area contributed by atoms with Gasteiger partial charge in [-0.2, -0.15) is 0 Å². The minimum absolute atomic E-state index is 0.0169. The average molecular weight is 332 g/mol. The summed E-state index contributed by atoms with van der Waals surface area (Å²) >= 11 is 0. The Hall–Kier alpha value is -2.24. The molecule has 2 fully saturated rings. The van der Waals surface area contributed by atoms with Crippen LogP contribution in [0, 0.1) is 0 Å². The average Bonchev–Trinajstić information content (AvgIpc) is 3.17. The van der Waals surface area contributed by atoms with Crippen LogP contribution in [0.15, 0.2) is 18.2 Å². The first-order chi connectivity index (χ1) is 11.6. The standard InChI is InChI=1S/C18H24N2O4/c1-23-15-7-6-12(8-16(15)24-14-4-2-3-5-14)13-9-18(22)20(10-13)11-17(19)21/h6-8,13-14H,2-5,9-11H2,1H3,(H2,19,21). The quantitative estimate of drug-likeness (QED) is 0.861. The molecular weight excluding hydrogens is 308 g/mol. The smallest absolute Gasteiger partial charge is 0.237 e. The van der Waals surface area contributed by atoms with Gasteiger partial charge in [0.2, 0.25) is 11.8 Å². The molecule has 1 aliphatic carbocycles. The van der Waals surface area contributed by atoms with Crippen molar-refractivity contribution in [3.05, 3.63) is 23.8 Å². The fourth-order valence-electron chi connectivity index (χ4n) is 3.56.